The Morgan fingerprint density at radius 2 is 1.85 bits per heavy atom. The van der Waals surface area contributed by atoms with E-state index >= 15 is 0 Å². The summed E-state index contributed by atoms with van der Waals surface area (Å²) in [6.07, 6.45) is 0.187. The van der Waals surface area contributed by atoms with E-state index in [1.165, 1.54) is 18.2 Å². The SMILES string of the molecule is O=C1C[C@]2(C[C@H](Cl)N=N2)C(=O)N1c1cc(Cl)cc(Cl)c1. The zero-order chi connectivity index (χ0) is 14.5. The molecular weight excluding hydrogens is 325 g/mol. The summed E-state index contributed by atoms with van der Waals surface area (Å²) < 4.78 is 0. The van der Waals surface area contributed by atoms with Crippen molar-refractivity contribution < 1.29 is 9.59 Å². The van der Waals surface area contributed by atoms with Gasteiger partial charge in [-0.15, -0.1) is 0 Å². The number of rotatable bonds is 1. The molecule has 8 heteroatoms. The smallest absolute Gasteiger partial charge is 0.264 e. The molecule has 2 aliphatic heterocycles. The summed E-state index contributed by atoms with van der Waals surface area (Å²) >= 11 is 17.7. The molecule has 1 aromatic carbocycles. The van der Waals surface area contributed by atoms with Crippen molar-refractivity contribution in [3.8, 4) is 0 Å². The van der Waals surface area contributed by atoms with E-state index in [4.69, 9.17) is 34.8 Å². The Balaban J connectivity index is 2.01. The maximum atomic E-state index is 12.5. The summed E-state index contributed by atoms with van der Waals surface area (Å²) in [6.45, 7) is 0. The fourth-order valence-electron chi connectivity index (χ4n) is 2.43. The van der Waals surface area contributed by atoms with Crippen molar-refractivity contribution in [2.24, 2.45) is 10.2 Å². The quantitative estimate of drug-likeness (QED) is 0.449. The minimum Gasteiger partial charge on any atom is -0.274 e. The predicted molar refractivity (Wildman–Crippen MR) is 75.4 cm³/mol. The van der Waals surface area contributed by atoms with E-state index in [1.807, 2.05) is 0 Å². The minimum atomic E-state index is -1.17. The molecule has 0 unspecified atom stereocenters. The lowest BCUT2D eigenvalue weighted by Crippen LogP contribution is -2.38. The van der Waals surface area contributed by atoms with Gasteiger partial charge >= 0.3 is 0 Å². The lowest BCUT2D eigenvalue weighted by Gasteiger charge is -2.18. The topological polar surface area (TPSA) is 62.1 Å². The van der Waals surface area contributed by atoms with Gasteiger partial charge in [0.2, 0.25) is 5.91 Å². The number of imide groups is 1. The van der Waals surface area contributed by atoms with Gasteiger partial charge in [-0.25, -0.2) is 4.90 Å². The van der Waals surface area contributed by atoms with Crippen LogP contribution < -0.4 is 4.90 Å². The highest BCUT2D eigenvalue weighted by Crippen LogP contribution is 2.41. The number of anilines is 1. The van der Waals surface area contributed by atoms with Crippen molar-refractivity contribution in [3.05, 3.63) is 28.2 Å². The zero-order valence-electron chi connectivity index (χ0n) is 10.0. The standard InChI is InChI=1S/C12H8Cl3N3O2/c13-6-1-7(14)3-8(2-6)18-10(19)5-12(11(18)20)4-9(15)16-17-12/h1-3,9H,4-5H2/t9-,12-/m1/s1. The number of amides is 2. The Hall–Kier alpha value is -1.17. The fourth-order valence-corrected chi connectivity index (χ4v) is 3.24. The molecule has 0 N–H and O–H groups in total. The highest BCUT2D eigenvalue weighted by Gasteiger charge is 2.56. The Bertz CT molecular complexity index is 629. The van der Waals surface area contributed by atoms with Crippen molar-refractivity contribution in [2.75, 3.05) is 4.90 Å². The highest BCUT2D eigenvalue weighted by atomic mass is 35.5. The second kappa shape index (κ2) is 4.69. The van der Waals surface area contributed by atoms with Crippen molar-refractivity contribution >= 4 is 52.3 Å². The normalized spacial score (nSPS) is 28.9. The first kappa shape index (κ1) is 13.8. The fraction of sp³-hybridized carbons (Fsp3) is 0.333. The van der Waals surface area contributed by atoms with Gasteiger partial charge in [-0.1, -0.05) is 34.8 Å². The summed E-state index contributed by atoms with van der Waals surface area (Å²) in [7, 11) is 0. The number of halogens is 3. The minimum absolute atomic E-state index is 0.0390. The average Bonchev–Trinajstić information content (AvgIpc) is 2.80. The molecule has 3 rings (SSSR count). The van der Waals surface area contributed by atoms with Gasteiger partial charge in [0, 0.05) is 16.5 Å². The van der Waals surface area contributed by atoms with Gasteiger partial charge in [0.05, 0.1) is 12.1 Å². The third-order valence-electron chi connectivity index (χ3n) is 3.28. The van der Waals surface area contributed by atoms with E-state index in [2.05, 4.69) is 10.2 Å². The van der Waals surface area contributed by atoms with Gasteiger partial charge in [0.15, 0.2) is 5.54 Å². The van der Waals surface area contributed by atoms with Crippen LogP contribution in [0.3, 0.4) is 0 Å². The number of benzene rings is 1. The molecule has 5 nitrogen and oxygen atoms in total. The van der Waals surface area contributed by atoms with Crippen molar-refractivity contribution in [2.45, 2.75) is 23.9 Å². The number of alkyl halides is 1. The Morgan fingerprint density at radius 1 is 1.20 bits per heavy atom. The molecule has 1 spiro atoms. The van der Waals surface area contributed by atoms with Gasteiger partial charge in [0.1, 0.15) is 5.50 Å². The molecule has 20 heavy (non-hydrogen) atoms. The monoisotopic (exact) mass is 331 g/mol. The molecule has 1 aromatic rings. The summed E-state index contributed by atoms with van der Waals surface area (Å²) in [5.41, 5.74) is -1.41. The van der Waals surface area contributed by atoms with Crippen LogP contribution in [0, 0.1) is 0 Å². The van der Waals surface area contributed by atoms with Gasteiger partial charge in [0.25, 0.3) is 5.91 Å². The van der Waals surface area contributed by atoms with E-state index in [1.54, 1.807) is 0 Å². The molecule has 0 bridgehead atoms. The molecule has 2 atom stereocenters. The number of carbonyl (C=O) groups is 2. The van der Waals surface area contributed by atoms with Crippen LogP contribution in [0.2, 0.25) is 10.0 Å². The number of hydrogen-bond acceptors (Lipinski definition) is 4. The third kappa shape index (κ3) is 2.10. The Morgan fingerprint density at radius 3 is 2.40 bits per heavy atom. The average molecular weight is 333 g/mol. The highest BCUT2D eigenvalue weighted by molar-refractivity contribution is 6.36. The van der Waals surface area contributed by atoms with Gasteiger partial charge in [-0.05, 0) is 18.2 Å². The third-order valence-corrected chi connectivity index (χ3v) is 3.96. The molecule has 2 amide bonds. The van der Waals surface area contributed by atoms with Crippen LogP contribution in [-0.4, -0.2) is 22.9 Å². The largest absolute Gasteiger partial charge is 0.274 e. The van der Waals surface area contributed by atoms with E-state index < -0.39 is 16.9 Å². The molecule has 0 aliphatic carbocycles. The summed E-state index contributed by atoms with van der Waals surface area (Å²) in [4.78, 5) is 25.7. The molecule has 0 radical (unpaired) electrons. The van der Waals surface area contributed by atoms with E-state index in [-0.39, 0.29) is 18.7 Å². The Labute approximate surface area is 129 Å². The number of azo groups is 1. The van der Waals surface area contributed by atoms with Crippen LogP contribution in [0.4, 0.5) is 5.69 Å². The number of hydrogen-bond donors (Lipinski definition) is 0. The molecule has 1 saturated heterocycles. The molecule has 1 fully saturated rings. The molecule has 104 valence electrons. The van der Waals surface area contributed by atoms with Gasteiger partial charge in [-0.3, -0.25) is 9.59 Å². The van der Waals surface area contributed by atoms with Crippen LogP contribution in [0.1, 0.15) is 12.8 Å². The van der Waals surface area contributed by atoms with Crippen LogP contribution in [-0.2, 0) is 9.59 Å². The van der Waals surface area contributed by atoms with Crippen LogP contribution >= 0.6 is 34.8 Å². The summed E-state index contributed by atoms with van der Waals surface area (Å²) in [6, 6.07) is 4.54. The van der Waals surface area contributed by atoms with E-state index in [0.717, 1.165) is 4.90 Å². The molecular formula is C12H8Cl3N3O2. The second-order valence-electron chi connectivity index (χ2n) is 4.72. The predicted octanol–water partition coefficient (Wildman–Crippen LogP) is 3.42. The molecule has 0 aromatic heterocycles. The lowest BCUT2D eigenvalue weighted by molar-refractivity contribution is -0.122. The maximum Gasteiger partial charge on any atom is 0.264 e. The van der Waals surface area contributed by atoms with Crippen LogP contribution in [0.5, 0.6) is 0 Å². The molecule has 2 aliphatic rings. The van der Waals surface area contributed by atoms with Crippen molar-refractivity contribution in [3.63, 3.8) is 0 Å². The summed E-state index contributed by atoms with van der Waals surface area (Å²) in [5, 5.41) is 8.36. The number of nitrogens with zero attached hydrogens (tertiary/aromatic N) is 3. The maximum absolute atomic E-state index is 12.5. The van der Waals surface area contributed by atoms with E-state index in [0.29, 0.717) is 15.7 Å². The van der Waals surface area contributed by atoms with Gasteiger partial charge < -0.3 is 0 Å². The van der Waals surface area contributed by atoms with Crippen molar-refractivity contribution in [1.82, 2.24) is 0 Å². The second-order valence-corrected chi connectivity index (χ2v) is 6.10. The molecule has 0 saturated carbocycles. The zero-order valence-corrected chi connectivity index (χ0v) is 12.3. The molecule has 2 heterocycles. The first-order valence-corrected chi connectivity index (χ1v) is 7.00. The van der Waals surface area contributed by atoms with Crippen LogP contribution in [0.15, 0.2) is 28.4 Å². The van der Waals surface area contributed by atoms with Gasteiger partial charge in [-0.2, -0.15) is 10.2 Å². The Kier molecular flexibility index (Phi) is 3.23. The first-order valence-electron chi connectivity index (χ1n) is 5.81. The number of carbonyl (C=O) groups excluding carboxylic acids is 2. The van der Waals surface area contributed by atoms with E-state index in [9.17, 15) is 9.59 Å². The first-order chi connectivity index (χ1) is 9.41. The van der Waals surface area contributed by atoms with Crippen LogP contribution in [0.25, 0.3) is 0 Å². The lowest BCUT2D eigenvalue weighted by atomic mass is 9.95. The summed E-state index contributed by atoms with van der Waals surface area (Å²) in [5.74, 6) is -0.800. The van der Waals surface area contributed by atoms with Crippen molar-refractivity contribution in [1.29, 1.82) is 0 Å².